The molecular formula is C14H13ClN4O. The third-order valence-corrected chi connectivity index (χ3v) is 3.31. The molecule has 0 aliphatic rings. The van der Waals surface area contributed by atoms with Crippen molar-refractivity contribution in [3.05, 3.63) is 47.2 Å². The van der Waals surface area contributed by atoms with E-state index in [1.807, 2.05) is 42.3 Å². The summed E-state index contributed by atoms with van der Waals surface area (Å²) in [5, 5.41) is 6.37. The summed E-state index contributed by atoms with van der Waals surface area (Å²) in [5.41, 5.74) is 0. The van der Waals surface area contributed by atoms with Crippen LogP contribution in [0.4, 0.5) is 5.82 Å². The molecule has 0 N–H and O–H groups in total. The number of hydrogen-bond donors (Lipinski definition) is 0. The van der Waals surface area contributed by atoms with Crippen molar-refractivity contribution in [3.63, 3.8) is 0 Å². The fraction of sp³-hybridized carbons (Fsp3) is 0.214. The monoisotopic (exact) mass is 288 g/mol. The molecule has 6 heteroatoms. The van der Waals surface area contributed by atoms with E-state index >= 15 is 0 Å². The molecule has 0 bridgehead atoms. The number of anilines is 1. The van der Waals surface area contributed by atoms with Crippen molar-refractivity contribution in [2.45, 2.75) is 13.5 Å². The highest BCUT2D eigenvalue weighted by atomic mass is 35.5. The van der Waals surface area contributed by atoms with Crippen LogP contribution in [0.15, 0.2) is 34.9 Å². The lowest BCUT2D eigenvalue weighted by Crippen LogP contribution is -2.18. The van der Waals surface area contributed by atoms with Crippen LogP contribution in [0.1, 0.15) is 11.7 Å². The standard InChI is InChI=1S/C14H13ClN4O/c1-9-16-12(18-20-9)8-19(2)13-7-10-5-3-4-6-11(10)14(15)17-13/h3-7H,8H2,1-2H3. The zero-order valence-corrected chi connectivity index (χ0v) is 11.9. The quantitative estimate of drug-likeness (QED) is 0.693. The van der Waals surface area contributed by atoms with Crippen molar-refractivity contribution in [1.29, 1.82) is 0 Å². The molecule has 0 unspecified atom stereocenters. The van der Waals surface area contributed by atoms with Crippen LogP contribution >= 0.6 is 11.6 Å². The van der Waals surface area contributed by atoms with E-state index in [0.717, 1.165) is 16.6 Å². The average molecular weight is 289 g/mol. The third-order valence-electron chi connectivity index (χ3n) is 3.02. The first-order valence-electron chi connectivity index (χ1n) is 6.19. The van der Waals surface area contributed by atoms with E-state index in [0.29, 0.717) is 23.4 Å². The van der Waals surface area contributed by atoms with Gasteiger partial charge in [-0.05, 0) is 11.5 Å². The first-order valence-corrected chi connectivity index (χ1v) is 6.57. The summed E-state index contributed by atoms with van der Waals surface area (Å²) in [7, 11) is 1.92. The maximum Gasteiger partial charge on any atom is 0.223 e. The number of rotatable bonds is 3. The van der Waals surface area contributed by atoms with Crippen LogP contribution in [-0.2, 0) is 6.54 Å². The van der Waals surface area contributed by atoms with Crippen molar-refractivity contribution < 1.29 is 4.52 Å². The van der Waals surface area contributed by atoms with Crippen LogP contribution in [0.2, 0.25) is 5.15 Å². The second-order valence-electron chi connectivity index (χ2n) is 4.58. The molecule has 0 aliphatic heterocycles. The largest absolute Gasteiger partial charge is 0.352 e. The van der Waals surface area contributed by atoms with Gasteiger partial charge in [-0.1, -0.05) is 41.0 Å². The Hall–Kier alpha value is -2.14. The molecule has 0 atom stereocenters. The highest BCUT2D eigenvalue weighted by molar-refractivity contribution is 6.34. The average Bonchev–Trinajstić information content (AvgIpc) is 2.84. The zero-order chi connectivity index (χ0) is 14.1. The van der Waals surface area contributed by atoms with Gasteiger partial charge in [-0.3, -0.25) is 0 Å². The summed E-state index contributed by atoms with van der Waals surface area (Å²) in [6.07, 6.45) is 0. The fourth-order valence-corrected chi connectivity index (χ4v) is 2.30. The van der Waals surface area contributed by atoms with E-state index in [2.05, 4.69) is 15.1 Å². The molecule has 2 heterocycles. The van der Waals surface area contributed by atoms with Crippen LogP contribution in [0.3, 0.4) is 0 Å². The van der Waals surface area contributed by atoms with Crippen molar-refractivity contribution >= 4 is 28.2 Å². The van der Waals surface area contributed by atoms with Crippen LogP contribution in [0.25, 0.3) is 10.8 Å². The molecule has 1 aromatic carbocycles. The van der Waals surface area contributed by atoms with Gasteiger partial charge in [0.15, 0.2) is 5.82 Å². The summed E-state index contributed by atoms with van der Waals surface area (Å²) in [6.45, 7) is 2.28. The SMILES string of the molecule is Cc1nc(CN(C)c2cc3ccccc3c(Cl)n2)no1. The Bertz CT molecular complexity index is 756. The predicted octanol–water partition coefficient (Wildman–Crippen LogP) is 3.22. The fourth-order valence-electron chi connectivity index (χ4n) is 2.04. The first-order chi connectivity index (χ1) is 9.63. The lowest BCUT2D eigenvalue weighted by Gasteiger charge is -2.17. The number of hydrogen-bond acceptors (Lipinski definition) is 5. The van der Waals surface area contributed by atoms with Crippen LogP contribution in [-0.4, -0.2) is 22.2 Å². The maximum absolute atomic E-state index is 6.23. The van der Waals surface area contributed by atoms with Crippen LogP contribution < -0.4 is 4.90 Å². The Morgan fingerprint density at radius 1 is 1.25 bits per heavy atom. The van der Waals surface area contributed by atoms with Gasteiger partial charge in [0.2, 0.25) is 5.89 Å². The van der Waals surface area contributed by atoms with Gasteiger partial charge in [0, 0.05) is 19.4 Å². The second kappa shape index (κ2) is 5.09. The molecule has 102 valence electrons. The number of benzene rings is 1. The maximum atomic E-state index is 6.23. The third kappa shape index (κ3) is 2.44. The van der Waals surface area contributed by atoms with E-state index in [1.165, 1.54) is 0 Å². The molecule has 20 heavy (non-hydrogen) atoms. The Balaban J connectivity index is 1.93. The number of halogens is 1. The molecule has 0 radical (unpaired) electrons. The molecule has 0 amide bonds. The summed E-state index contributed by atoms with van der Waals surface area (Å²) < 4.78 is 4.96. The van der Waals surface area contributed by atoms with Gasteiger partial charge < -0.3 is 9.42 Å². The smallest absolute Gasteiger partial charge is 0.223 e. The molecule has 0 saturated heterocycles. The summed E-state index contributed by atoms with van der Waals surface area (Å²) in [4.78, 5) is 10.5. The summed E-state index contributed by atoms with van der Waals surface area (Å²) in [5.74, 6) is 1.95. The topological polar surface area (TPSA) is 55.1 Å². The normalized spacial score (nSPS) is 10.9. The van der Waals surface area contributed by atoms with Crippen LogP contribution in [0.5, 0.6) is 0 Å². The number of fused-ring (bicyclic) bond motifs is 1. The lowest BCUT2D eigenvalue weighted by molar-refractivity contribution is 0.387. The molecule has 2 aromatic heterocycles. The van der Waals surface area contributed by atoms with Gasteiger partial charge in [0.25, 0.3) is 0 Å². The minimum Gasteiger partial charge on any atom is -0.352 e. The molecule has 0 spiro atoms. The van der Waals surface area contributed by atoms with Gasteiger partial charge in [-0.2, -0.15) is 4.98 Å². The van der Waals surface area contributed by atoms with Gasteiger partial charge in [0.1, 0.15) is 11.0 Å². The van der Waals surface area contributed by atoms with E-state index in [1.54, 1.807) is 6.92 Å². The minimum absolute atomic E-state index is 0.495. The number of aryl methyl sites for hydroxylation is 1. The molecule has 0 fully saturated rings. The number of pyridine rings is 1. The molecular weight excluding hydrogens is 276 g/mol. The van der Waals surface area contributed by atoms with Gasteiger partial charge >= 0.3 is 0 Å². The Morgan fingerprint density at radius 3 is 2.80 bits per heavy atom. The molecule has 3 rings (SSSR count). The Morgan fingerprint density at radius 2 is 2.05 bits per heavy atom. The Kier molecular flexibility index (Phi) is 3.28. The zero-order valence-electron chi connectivity index (χ0n) is 11.2. The number of nitrogens with zero attached hydrogens (tertiary/aromatic N) is 4. The minimum atomic E-state index is 0.495. The van der Waals surface area contributed by atoms with Gasteiger partial charge in [-0.15, -0.1) is 0 Å². The van der Waals surface area contributed by atoms with E-state index in [9.17, 15) is 0 Å². The predicted molar refractivity (Wildman–Crippen MR) is 77.9 cm³/mol. The van der Waals surface area contributed by atoms with E-state index in [4.69, 9.17) is 16.1 Å². The summed E-state index contributed by atoms with van der Waals surface area (Å²) >= 11 is 6.23. The molecule has 3 aromatic rings. The van der Waals surface area contributed by atoms with Crippen molar-refractivity contribution in [2.24, 2.45) is 0 Å². The van der Waals surface area contributed by atoms with E-state index in [-0.39, 0.29) is 0 Å². The summed E-state index contributed by atoms with van der Waals surface area (Å²) in [6, 6.07) is 9.89. The lowest BCUT2D eigenvalue weighted by atomic mass is 10.2. The van der Waals surface area contributed by atoms with Gasteiger partial charge in [-0.25, -0.2) is 4.98 Å². The van der Waals surface area contributed by atoms with Crippen molar-refractivity contribution in [3.8, 4) is 0 Å². The molecule has 0 aliphatic carbocycles. The number of aromatic nitrogens is 3. The molecule has 5 nitrogen and oxygen atoms in total. The second-order valence-corrected chi connectivity index (χ2v) is 4.94. The van der Waals surface area contributed by atoms with Crippen molar-refractivity contribution in [1.82, 2.24) is 15.1 Å². The first kappa shape index (κ1) is 12.9. The highest BCUT2D eigenvalue weighted by Gasteiger charge is 2.11. The van der Waals surface area contributed by atoms with Gasteiger partial charge in [0.05, 0.1) is 6.54 Å². The van der Waals surface area contributed by atoms with Crippen LogP contribution in [0, 0.1) is 6.92 Å². The van der Waals surface area contributed by atoms with Crippen molar-refractivity contribution in [2.75, 3.05) is 11.9 Å². The van der Waals surface area contributed by atoms with E-state index < -0.39 is 0 Å². The highest BCUT2D eigenvalue weighted by Crippen LogP contribution is 2.26. The Labute approximate surface area is 121 Å². The molecule has 0 saturated carbocycles.